The van der Waals surface area contributed by atoms with Crippen molar-refractivity contribution in [3.05, 3.63) is 65.8 Å². The molecular weight excluding hydrogens is 304 g/mol. The van der Waals surface area contributed by atoms with Gasteiger partial charge in [-0.25, -0.2) is 0 Å². The highest BCUT2D eigenvalue weighted by molar-refractivity contribution is 5.76. The van der Waals surface area contributed by atoms with Crippen molar-refractivity contribution in [3.63, 3.8) is 0 Å². The first-order valence-corrected chi connectivity index (χ1v) is 7.76. The van der Waals surface area contributed by atoms with Gasteiger partial charge in [0.1, 0.15) is 0 Å². The smallest absolute Gasteiger partial charge is 0.227 e. The van der Waals surface area contributed by atoms with Crippen LogP contribution in [-0.4, -0.2) is 21.0 Å². The molecule has 0 atom stereocenters. The van der Waals surface area contributed by atoms with Crippen LogP contribution in [0.1, 0.15) is 23.4 Å². The van der Waals surface area contributed by atoms with Gasteiger partial charge < -0.3 is 9.84 Å². The van der Waals surface area contributed by atoms with Crippen molar-refractivity contribution in [2.45, 2.75) is 26.3 Å². The molecule has 6 heteroatoms. The van der Waals surface area contributed by atoms with E-state index in [1.807, 2.05) is 43.3 Å². The second-order valence-corrected chi connectivity index (χ2v) is 5.52. The molecule has 0 radical (unpaired) electrons. The first-order valence-electron chi connectivity index (χ1n) is 7.76. The second kappa shape index (κ2) is 7.50. The van der Waals surface area contributed by atoms with Crippen LogP contribution in [0.3, 0.4) is 0 Å². The monoisotopic (exact) mass is 322 g/mol. The minimum Gasteiger partial charge on any atom is -0.352 e. The summed E-state index contributed by atoms with van der Waals surface area (Å²) in [6, 6.07) is 11.6. The lowest BCUT2D eigenvalue weighted by molar-refractivity contribution is -0.121. The molecule has 0 saturated heterocycles. The molecule has 0 aliphatic heterocycles. The number of amides is 1. The van der Waals surface area contributed by atoms with Crippen LogP contribution in [0.2, 0.25) is 0 Å². The van der Waals surface area contributed by atoms with E-state index in [-0.39, 0.29) is 5.91 Å². The average molecular weight is 322 g/mol. The van der Waals surface area contributed by atoms with Gasteiger partial charge in [-0.05, 0) is 24.6 Å². The Morgan fingerprint density at radius 3 is 2.96 bits per heavy atom. The van der Waals surface area contributed by atoms with E-state index in [0.29, 0.717) is 31.1 Å². The summed E-state index contributed by atoms with van der Waals surface area (Å²) in [6.07, 6.45) is 4.15. The van der Waals surface area contributed by atoms with Crippen molar-refractivity contribution in [2.24, 2.45) is 0 Å². The van der Waals surface area contributed by atoms with E-state index in [4.69, 9.17) is 4.52 Å². The first-order chi connectivity index (χ1) is 11.7. The predicted molar refractivity (Wildman–Crippen MR) is 88.9 cm³/mol. The van der Waals surface area contributed by atoms with E-state index in [1.54, 1.807) is 12.4 Å². The topological polar surface area (TPSA) is 80.9 Å². The molecule has 0 aliphatic rings. The van der Waals surface area contributed by atoms with Gasteiger partial charge in [-0.1, -0.05) is 35.0 Å². The Kier molecular flexibility index (Phi) is 4.96. The van der Waals surface area contributed by atoms with Gasteiger partial charge in [-0.3, -0.25) is 9.78 Å². The molecule has 0 bridgehead atoms. The Morgan fingerprint density at radius 1 is 1.25 bits per heavy atom. The summed E-state index contributed by atoms with van der Waals surface area (Å²) >= 11 is 0. The van der Waals surface area contributed by atoms with Gasteiger partial charge in [0.15, 0.2) is 0 Å². The molecule has 2 heterocycles. The Labute approximate surface area is 139 Å². The molecule has 1 N–H and O–H groups in total. The number of pyridine rings is 1. The third-order valence-corrected chi connectivity index (χ3v) is 3.52. The molecule has 3 aromatic rings. The third kappa shape index (κ3) is 4.25. The predicted octanol–water partition coefficient (Wildman–Crippen LogP) is 2.69. The molecule has 6 nitrogen and oxygen atoms in total. The summed E-state index contributed by atoms with van der Waals surface area (Å²) in [5, 5.41) is 6.82. The molecule has 0 unspecified atom stereocenters. The van der Waals surface area contributed by atoms with Crippen molar-refractivity contribution in [2.75, 3.05) is 0 Å². The minimum absolute atomic E-state index is 0.0610. The number of nitrogens with zero attached hydrogens (tertiary/aromatic N) is 3. The summed E-state index contributed by atoms with van der Waals surface area (Å²) in [5.74, 6) is 0.946. The maximum Gasteiger partial charge on any atom is 0.227 e. The third-order valence-electron chi connectivity index (χ3n) is 3.52. The molecule has 122 valence electrons. The number of carbonyl (C=O) groups is 1. The van der Waals surface area contributed by atoms with Crippen LogP contribution < -0.4 is 5.32 Å². The fourth-order valence-electron chi connectivity index (χ4n) is 2.27. The maximum absolute atomic E-state index is 11.9. The molecule has 2 aromatic heterocycles. The fraction of sp³-hybridized carbons (Fsp3) is 0.222. The van der Waals surface area contributed by atoms with Gasteiger partial charge in [0, 0.05) is 37.3 Å². The largest absolute Gasteiger partial charge is 0.352 e. The zero-order valence-electron chi connectivity index (χ0n) is 13.4. The van der Waals surface area contributed by atoms with Crippen LogP contribution in [-0.2, 0) is 17.8 Å². The van der Waals surface area contributed by atoms with Gasteiger partial charge in [-0.2, -0.15) is 4.98 Å². The van der Waals surface area contributed by atoms with Crippen LogP contribution in [0.4, 0.5) is 0 Å². The molecule has 0 fully saturated rings. The van der Waals surface area contributed by atoms with Gasteiger partial charge in [-0.15, -0.1) is 0 Å². The molecule has 1 amide bonds. The molecule has 0 aliphatic carbocycles. The molecule has 1 aromatic carbocycles. The number of hydrogen-bond donors (Lipinski definition) is 1. The summed E-state index contributed by atoms with van der Waals surface area (Å²) in [6.45, 7) is 2.47. The summed E-state index contributed by atoms with van der Waals surface area (Å²) < 4.78 is 5.22. The Hall–Kier alpha value is -3.02. The van der Waals surface area contributed by atoms with E-state index in [2.05, 4.69) is 20.4 Å². The van der Waals surface area contributed by atoms with E-state index in [1.165, 1.54) is 0 Å². The van der Waals surface area contributed by atoms with Crippen LogP contribution in [0, 0.1) is 6.92 Å². The van der Waals surface area contributed by atoms with Crippen molar-refractivity contribution in [3.8, 4) is 11.4 Å². The normalized spacial score (nSPS) is 10.5. The van der Waals surface area contributed by atoms with Crippen LogP contribution in [0.25, 0.3) is 11.4 Å². The second-order valence-electron chi connectivity index (χ2n) is 5.52. The lowest BCUT2D eigenvalue weighted by Gasteiger charge is -2.03. The average Bonchev–Trinajstić information content (AvgIpc) is 3.08. The number of aryl methyl sites for hydroxylation is 2. The van der Waals surface area contributed by atoms with Gasteiger partial charge in [0.05, 0.1) is 0 Å². The SMILES string of the molecule is Cc1cccc(-c2noc(CCC(=O)NCc3cccnc3)n2)c1. The highest BCUT2D eigenvalue weighted by atomic mass is 16.5. The molecule has 0 saturated carbocycles. The van der Waals surface area contributed by atoms with Crippen LogP contribution >= 0.6 is 0 Å². The van der Waals surface area contributed by atoms with Crippen molar-refractivity contribution >= 4 is 5.91 Å². The van der Waals surface area contributed by atoms with E-state index < -0.39 is 0 Å². The molecule has 24 heavy (non-hydrogen) atoms. The number of aromatic nitrogens is 3. The number of benzene rings is 1. The Bertz CT molecular complexity index is 815. The van der Waals surface area contributed by atoms with Gasteiger partial charge in [0.2, 0.25) is 17.6 Å². The molecule has 3 rings (SSSR count). The number of carbonyl (C=O) groups excluding carboxylic acids is 1. The Morgan fingerprint density at radius 2 is 2.17 bits per heavy atom. The van der Waals surface area contributed by atoms with Gasteiger partial charge in [0.25, 0.3) is 0 Å². The van der Waals surface area contributed by atoms with Crippen LogP contribution in [0.5, 0.6) is 0 Å². The highest BCUT2D eigenvalue weighted by Gasteiger charge is 2.10. The fourth-order valence-corrected chi connectivity index (χ4v) is 2.27. The van der Waals surface area contributed by atoms with Crippen molar-refractivity contribution < 1.29 is 9.32 Å². The van der Waals surface area contributed by atoms with Crippen LogP contribution in [0.15, 0.2) is 53.3 Å². The molecular formula is C18H18N4O2. The minimum atomic E-state index is -0.0610. The van der Waals surface area contributed by atoms with Crippen molar-refractivity contribution in [1.82, 2.24) is 20.4 Å². The van der Waals surface area contributed by atoms with Crippen molar-refractivity contribution in [1.29, 1.82) is 0 Å². The summed E-state index contributed by atoms with van der Waals surface area (Å²) in [4.78, 5) is 20.2. The quantitative estimate of drug-likeness (QED) is 0.754. The number of nitrogens with one attached hydrogen (secondary N) is 1. The summed E-state index contributed by atoms with van der Waals surface area (Å²) in [5.41, 5.74) is 3.00. The summed E-state index contributed by atoms with van der Waals surface area (Å²) in [7, 11) is 0. The van der Waals surface area contributed by atoms with E-state index in [9.17, 15) is 4.79 Å². The van der Waals surface area contributed by atoms with E-state index >= 15 is 0 Å². The lowest BCUT2D eigenvalue weighted by Crippen LogP contribution is -2.23. The van der Waals surface area contributed by atoms with E-state index in [0.717, 1.165) is 16.7 Å². The zero-order chi connectivity index (χ0) is 16.8. The first kappa shape index (κ1) is 15.9. The Balaban J connectivity index is 1.51. The highest BCUT2D eigenvalue weighted by Crippen LogP contribution is 2.17. The van der Waals surface area contributed by atoms with Gasteiger partial charge >= 0.3 is 0 Å². The molecule has 0 spiro atoms. The number of rotatable bonds is 6. The maximum atomic E-state index is 11.9. The lowest BCUT2D eigenvalue weighted by atomic mass is 10.1. The number of hydrogen-bond acceptors (Lipinski definition) is 5. The zero-order valence-corrected chi connectivity index (χ0v) is 13.4. The standard InChI is InChI=1S/C18H18N4O2/c1-13-4-2-6-15(10-13)18-21-17(24-22-18)8-7-16(23)20-12-14-5-3-9-19-11-14/h2-6,9-11H,7-8,12H2,1H3,(H,20,23).